The van der Waals surface area contributed by atoms with E-state index in [2.05, 4.69) is 54.9 Å². The molecule has 2 nitrogen and oxygen atoms in total. The minimum absolute atomic E-state index is 0.290. The first-order valence-electron chi connectivity index (χ1n) is 7.81. The second kappa shape index (κ2) is 4.54. The molecule has 1 unspecified atom stereocenters. The summed E-state index contributed by atoms with van der Waals surface area (Å²) < 4.78 is 0. The van der Waals surface area contributed by atoms with Crippen LogP contribution in [0.3, 0.4) is 0 Å². The Morgan fingerprint density at radius 3 is 3.10 bits per heavy atom. The van der Waals surface area contributed by atoms with Crippen molar-refractivity contribution < 1.29 is 4.90 Å². The van der Waals surface area contributed by atoms with Crippen molar-refractivity contribution in [2.75, 3.05) is 18.8 Å². The first-order valence-corrected chi connectivity index (χ1v) is 8.80. The molecule has 2 aliphatic rings. The Morgan fingerprint density at radius 1 is 1.40 bits per heavy atom. The van der Waals surface area contributed by atoms with E-state index in [1.165, 1.54) is 53.2 Å². The lowest BCUT2D eigenvalue weighted by Gasteiger charge is -2.29. The van der Waals surface area contributed by atoms with Gasteiger partial charge in [0.15, 0.2) is 0 Å². The number of fused-ring (bicyclic) bond motifs is 5. The van der Waals surface area contributed by atoms with Crippen LogP contribution in [0.5, 0.6) is 0 Å². The largest absolute Gasteiger partial charge is 0.352 e. The highest BCUT2D eigenvalue weighted by Gasteiger charge is 2.50. The number of benzene rings is 1. The molecule has 3 heteroatoms. The van der Waals surface area contributed by atoms with Crippen molar-refractivity contribution in [2.45, 2.75) is 37.1 Å². The Bertz CT molecular complexity index is 647. The van der Waals surface area contributed by atoms with Gasteiger partial charge in [0, 0.05) is 33.9 Å². The average Bonchev–Trinajstić information content (AvgIpc) is 2.96. The molecule has 20 heavy (non-hydrogen) atoms. The van der Waals surface area contributed by atoms with E-state index < -0.39 is 0 Å². The van der Waals surface area contributed by atoms with Gasteiger partial charge in [-0.2, -0.15) is 0 Å². The van der Waals surface area contributed by atoms with E-state index in [0.29, 0.717) is 5.54 Å². The lowest BCUT2D eigenvalue weighted by atomic mass is 9.89. The maximum Gasteiger partial charge on any atom is 0.137 e. The number of hydrogen-bond acceptors (Lipinski definition) is 1. The molecule has 106 valence electrons. The molecule has 1 fully saturated rings. The van der Waals surface area contributed by atoms with Crippen LogP contribution in [0, 0.1) is 5.92 Å². The topological polar surface area (TPSA) is 20.2 Å². The van der Waals surface area contributed by atoms with Crippen molar-refractivity contribution in [1.29, 1.82) is 0 Å². The molecular weight excluding hydrogens is 264 g/mol. The molecule has 3 heterocycles. The van der Waals surface area contributed by atoms with Crippen molar-refractivity contribution in [3.63, 3.8) is 0 Å². The summed E-state index contributed by atoms with van der Waals surface area (Å²) in [6.07, 6.45) is 2.65. The molecule has 0 saturated carbocycles. The summed E-state index contributed by atoms with van der Waals surface area (Å²) in [5.74, 6) is 2.13. The van der Waals surface area contributed by atoms with Crippen molar-refractivity contribution in [3.8, 4) is 0 Å². The van der Waals surface area contributed by atoms with Gasteiger partial charge < -0.3 is 9.88 Å². The fourth-order valence-corrected chi connectivity index (χ4v) is 5.55. The van der Waals surface area contributed by atoms with Crippen LogP contribution in [-0.4, -0.2) is 23.8 Å². The third-order valence-corrected chi connectivity index (χ3v) is 6.57. The summed E-state index contributed by atoms with van der Waals surface area (Å²) in [5.41, 5.74) is 3.11. The van der Waals surface area contributed by atoms with Crippen molar-refractivity contribution in [3.05, 3.63) is 30.0 Å². The number of H-pyrrole nitrogens is 1. The van der Waals surface area contributed by atoms with Gasteiger partial charge in [-0.15, -0.1) is 11.8 Å². The quantitative estimate of drug-likeness (QED) is 0.826. The zero-order valence-corrected chi connectivity index (χ0v) is 13.1. The molecule has 4 rings (SSSR count). The fourth-order valence-electron chi connectivity index (χ4n) is 4.24. The molecule has 0 bridgehead atoms. The molecular formula is C17H23N2S+. The monoisotopic (exact) mass is 287 g/mol. The minimum atomic E-state index is 0.290. The molecule has 3 atom stereocenters. The lowest BCUT2D eigenvalue weighted by Crippen LogP contribution is -3.16. The predicted molar refractivity (Wildman–Crippen MR) is 85.5 cm³/mol. The first-order chi connectivity index (χ1) is 9.72. The number of thioether (sulfide) groups is 1. The van der Waals surface area contributed by atoms with Crippen molar-refractivity contribution in [1.82, 2.24) is 4.98 Å². The number of aromatic amines is 1. The van der Waals surface area contributed by atoms with Crippen LogP contribution in [0.2, 0.25) is 0 Å². The van der Waals surface area contributed by atoms with Crippen LogP contribution in [0.4, 0.5) is 0 Å². The van der Waals surface area contributed by atoms with Gasteiger partial charge in [-0.3, -0.25) is 0 Å². The fraction of sp³-hybridized carbons (Fsp3) is 0.529. The van der Waals surface area contributed by atoms with Crippen molar-refractivity contribution in [2.24, 2.45) is 5.92 Å². The zero-order valence-electron chi connectivity index (χ0n) is 12.3. The van der Waals surface area contributed by atoms with E-state index >= 15 is 0 Å². The Morgan fingerprint density at radius 2 is 2.25 bits per heavy atom. The highest BCUT2D eigenvalue weighted by molar-refractivity contribution is 7.99. The van der Waals surface area contributed by atoms with Gasteiger partial charge in [-0.1, -0.05) is 25.1 Å². The van der Waals surface area contributed by atoms with Gasteiger partial charge in [0.2, 0.25) is 0 Å². The van der Waals surface area contributed by atoms with Crippen LogP contribution in [0.15, 0.2) is 29.2 Å². The first kappa shape index (κ1) is 12.8. The molecule has 2 aliphatic heterocycles. The molecule has 0 aliphatic carbocycles. The van der Waals surface area contributed by atoms with Gasteiger partial charge in [0.1, 0.15) is 5.54 Å². The molecule has 0 spiro atoms. The highest BCUT2D eigenvalue weighted by Crippen LogP contribution is 2.41. The summed E-state index contributed by atoms with van der Waals surface area (Å²) in [6.45, 7) is 7.48. The van der Waals surface area contributed by atoms with E-state index in [0.717, 1.165) is 5.92 Å². The predicted octanol–water partition coefficient (Wildman–Crippen LogP) is 2.80. The summed E-state index contributed by atoms with van der Waals surface area (Å²) in [7, 11) is 0. The summed E-state index contributed by atoms with van der Waals surface area (Å²) >= 11 is 2.06. The van der Waals surface area contributed by atoms with Gasteiger partial charge in [0.05, 0.1) is 18.8 Å². The van der Waals surface area contributed by atoms with Crippen LogP contribution >= 0.6 is 11.8 Å². The second-order valence-electron chi connectivity index (χ2n) is 6.59. The van der Waals surface area contributed by atoms with Crippen LogP contribution in [-0.2, 0) is 5.54 Å². The Kier molecular flexibility index (Phi) is 2.90. The summed E-state index contributed by atoms with van der Waals surface area (Å²) in [6, 6.07) is 8.80. The Labute approximate surface area is 124 Å². The average molecular weight is 287 g/mol. The molecule has 1 saturated heterocycles. The highest BCUT2D eigenvalue weighted by atomic mass is 32.2. The molecule has 2 N–H and O–H groups in total. The van der Waals surface area contributed by atoms with E-state index in [1.54, 1.807) is 4.90 Å². The molecule has 1 aromatic carbocycles. The third kappa shape index (κ3) is 1.69. The summed E-state index contributed by atoms with van der Waals surface area (Å²) in [4.78, 5) is 7.09. The third-order valence-electron chi connectivity index (χ3n) is 5.45. The smallest absolute Gasteiger partial charge is 0.137 e. The van der Waals surface area contributed by atoms with E-state index in [9.17, 15) is 0 Å². The maximum absolute atomic E-state index is 3.77. The Hall–Kier alpha value is -0.930. The minimum Gasteiger partial charge on any atom is -0.352 e. The second-order valence-corrected chi connectivity index (χ2v) is 7.70. The molecule has 1 aromatic heterocycles. The van der Waals surface area contributed by atoms with E-state index in [-0.39, 0.29) is 0 Å². The normalized spacial score (nSPS) is 32.9. The van der Waals surface area contributed by atoms with E-state index in [1.807, 2.05) is 0 Å². The maximum atomic E-state index is 3.77. The van der Waals surface area contributed by atoms with Gasteiger partial charge >= 0.3 is 0 Å². The number of quaternary nitrogens is 1. The number of para-hydroxylation sites is 1. The number of rotatable bonds is 1. The summed E-state index contributed by atoms with van der Waals surface area (Å²) in [5, 5.41) is 1.43. The van der Waals surface area contributed by atoms with Crippen molar-refractivity contribution >= 4 is 22.7 Å². The van der Waals surface area contributed by atoms with Crippen LogP contribution in [0.1, 0.15) is 32.4 Å². The standard InChI is InChI=1S/C17H22N2S/c1-3-12-10-17(2)16-15(20-9-8-19(17)11-12)13-6-4-5-7-14(13)18-16/h4-7,12,18H,3,8-11H2,1-2H3/p+1/t12-,17-/m0/s1. The number of nitrogens with one attached hydrogen (secondary N) is 2. The molecule has 0 amide bonds. The number of aromatic nitrogens is 1. The lowest BCUT2D eigenvalue weighted by molar-refractivity contribution is -0.944. The number of hydrogen-bond donors (Lipinski definition) is 2. The Balaban J connectivity index is 1.91. The van der Waals surface area contributed by atoms with Gasteiger partial charge in [-0.25, -0.2) is 0 Å². The van der Waals surface area contributed by atoms with Crippen LogP contribution < -0.4 is 4.90 Å². The van der Waals surface area contributed by atoms with Gasteiger partial charge in [0.25, 0.3) is 0 Å². The van der Waals surface area contributed by atoms with Gasteiger partial charge in [-0.05, 0) is 19.4 Å². The van der Waals surface area contributed by atoms with E-state index in [4.69, 9.17) is 0 Å². The van der Waals surface area contributed by atoms with Crippen LogP contribution in [0.25, 0.3) is 10.9 Å². The molecule has 2 aromatic rings. The zero-order chi connectivity index (χ0) is 13.7. The molecule has 0 radical (unpaired) electrons. The SMILES string of the molecule is CC[C@@H]1C[NH+]2CCSc3c([nH]c4ccccc34)[C@]2(C)C1.